The van der Waals surface area contributed by atoms with E-state index in [1.807, 2.05) is 18.2 Å². The molecule has 2 aromatic heterocycles. The molecule has 122 valence electrons. The fraction of sp³-hybridized carbons (Fsp3) is 0.556. The van der Waals surface area contributed by atoms with Gasteiger partial charge in [0.1, 0.15) is 5.65 Å². The van der Waals surface area contributed by atoms with Crippen molar-refractivity contribution in [1.82, 2.24) is 14.3 Å². The van der Waals surface area contributed by atoms with E-state index in [1.54, 1.807) is 16.7 Å². The molecule has 4 rings (SSSR count). The summed E-state index contributed by atoms with van der Waals surface area (Å²) >= 11 is 0. The number of nitrogens with zero attached hydrogens (tertiary/aromatic N) is 3. The molecule has 1 aliphatic heterocycles. The average molecular weight is 313 g/mol. The van der Waals surface area contributed by atoms with Crippen LogP contribution in [0.2, 0.25) is 0 Å². The molecule has 1 aliphatic carbocycles. The molecule has 3 heterocycles. The molecular weight excluding hydrogens is 290 g/mol. The first kappa shape index (κ1) is 14.8. The molecule has 5 heteroatoms. The Hall–Kier alpha value is -1.72. The lowest BCUT2D eigenvalue weighted by molar-refractivity contribution is -0.151. The predicted octanol–water partition coefficient (Wildman–Crippen LogP) is 1.94. The fourth-order valence-electron chi connectivity index (χ4n) is 4.73. The number of rotatable bonds is 3. The molecule has 1 saturated heterocycles. The van der Waals surface area contributed by atoms with Crippen molar-refractivity contribution in [1.29, 1.82) is 0 Å². The van der Waals surface area contributed by atoms with Gasteiger partial charge >= 0.3 is 0 Å². The van der Waals surface area contributed by atoms with Gasteiger partial charge < -0.3 is 4.74 Å². The summed E-state index contributed by atoms with van der Waals surface area (Å²) in [5, 5.41) is 0. The summed E-state index contributed by atoms with van der Waals surface area (Å²) in [6, 6.07) is 7.76. The van der Waals surface area contributed by atoms with Crippen molar-refractivity contribution in [2.75, 3.05) is 13.7 Å². The zero-order chi connectivity index (χ0) is 16.2. The quantitative estimate of drug-likeness (QED) is 0.869. The second kappa shape index (κ2) is 5.14. The van der Waals surface area contributed by atoms with Crippen molar-refractivity contribution >= 4 is 5.65 Å². The van der Waals surface area contributed by atoms with Crippen LogP contribution in [0.5, 0.6) is 0 Å². The zero-order valence-electron chi connectivity index (χ0n) is 13.9. The van der Waals surface area contributed by atoms with Crippen LogP contribution in [0.3, 0.4) is 0 Å². The third-order valence-corrected chi connectivity index (χ3v) is 5.55. The molecule has 23 heavy (non-hydrogen) atoms. The molecule has 2 aromatic rings. The molecule has 0 amide bonds. The van der Waals surface area contributed by atoms with E-state index in [4.69, 9.17) is 4.74 Å². The van der Waals surface area contributed by atoms with Gasteiger partial charge in [0.05, 0.1) is 11.8 Å². The number of fused-ring (bicyclic) bond motifs is 2. The maximum Gasteiger partial charge on any atom is 0.258 e. The summed E-state index contributed by atoms with van der Waals surface area (Å²) in [7, 11) is 2.13. The second-order valence-corrected chi connectivity index (χ2v) is 7.44. The van der Waals surface area contributed by atoms with Gasteiger partial charge in [-0.05, 0) is 25.6 Å². The van der Waals surface area contributed by atoms with Gasteiger partial charge in [0, 0.05) is 42.8 Å². The van der Waals surface area contributed by atoms with Crippen molar-refractivity contribution in [2.45, 2.75) is 39.0 Å². The molecule has 3 atom stereocenters. The molecule has 0 spiro atoms. The maximum absolute atomic E-state index is 12.2. The standard InChI is InChI=1S/C18H23N3O2/c1-18(2)16(13-7-9-23-17(13)18)20(3)11-12-10-15(22)21-8-5-4-6-14(21)19-12/h4-6,8,10,13,16-17H,7,9,11H2,1-3H3/t13-,16+,17-/m0/s1. The number of ether oxygens (including phenoxy) is 1. The normalized spacial score (nSPS) is 28.8. The minimum atomic E-state index is -0.0195. The van der Waals surface area contributed by atoms with Crippen molar-refractivity contribution in [3.8, 4) is 0 Å². The Balaban J connectivity index is 1.60. The highest BCUT2D eigenvalue weighted by molar-refractivity contribution is 5.38. The Morgan fingerprint density at radius 3 is 3.09 bits per heavy atom. The van der Waals surface area contributed by atoms with Crippen LogP contribution in [-0.2, 0) is 11.3 Å². The monoisotopic (exact) mass is 313 g/mol. The summed E-state index contributed by atoms with van der Waals surface area (Å²) in [5.41, 5.74) is 1.68. The topological polar surface area (TPSA) is 46.8 Å². The Labute approximate surface area is 135 Å². The highest BCUT2D eigenvalue weighted by atomic mass is 16.5. The van der Waals surface area contributed by atoms with Crippen molar-refractivity contribution in [3.63, 3.8) is 0 Å². The molecule has 0 bridgehead atoms. The first-order valence-electron chi connectivity index (χ1n) is 8.27. The van der Waals surface area contributed by atoms with Crippen LogP contribution in [0.15, 0.2) is 35.3 Å². The van der Waals surface area contributed by atoms with E-state index in [-0.39, 0.29) is 11.0 Å². The summed E-state index contributed by atoms with van der Waals surface area (Å²) in [4.78, 5) is 19.2. The van der Waals surface area contributed by atoms with Crippen LogP contribution in [0.25, 0.3) is 5.65 Å². The van der Waals surface area contributed by atoms with Crippen molar-refractivity contribution < 1.29 is 4.74 Å². The molecule has 2 fully saturated rings. The van der Waals surface area contributed by atoms with E-state index in [0.717, 1.165) is 18.7 Å². The number of aromatic nitrogens is 2. The van der Waals surface area contributed by atoms with Gasteiger partial charge in [0.25, 0.3) is 5.56 Å². The molecule has 0 aromatic carbocycles. The Bertz CT molecular complexity index is 798. The van der Waals surface area contributed by atoms with Crippen LogP contribution < -0.4 is 5.56 Å². The molecule has 5 nitrogen and oxygen atoms in total. The third kappa shape index (κ3) is 2.22. The van der Waals surface area contributed by atoms with Gasteiger partial charge in [-0.3, -0.25) is 14.1 Å². The maximum atomic E-state index is 12.2. The van der Waals surface area contributed by atoms with E-state index in [9.17, 15) is 4.79 Å². The molecule has 2 aliphatic rings. The van der Waals surface area contributed by atoms with Crippen molar-refractivity contribution in [3.05, 3.63) is 46.5 Å². The Morgan fingerprint density at radius 1 is 1.43 bits per heavy atom. The molecule has 0 N–H and O–H groups in total. The Morgan fingerprint density at radius 2 is 2.26 bits per heavy atom. The number of hydrogen-bond donors (Lipinski definition) is 0. The van der Waals surface area contributed by atoms with Crippen molar-refractivity contribution in [2.24, 2.45) is 11.3 Å². The van der Waals surface area contributed by atoms with E-state index in [1.165, 1.54) is 0 Å². The van der Waals surface area contributed by atoms with Gasteiger partial charge in [-0.25, -0.2) is 4.98 Å². The van der Waals surface area contributed by atoms with E-state index < -0.39 is 0 Å². The summed E-state index contributed by atoms with van der Waals surface area (Å²) in [5.74, 6) is 0.608. The summed E-state index contributed by atoms with van der Waals surface area (Å²) < 4.78 is 7.46. The lowest BCUT2D eigenvalue weighted by atomic mass is 9.57. The fourth-order valence-corrected chi connectivity index (χ4v) is 4.73. The largest absolute Gasteiger partial charge is 0.377 e. The predicted molar refractivity (Wildman–Crippen MR) is 88.3 cm³/mol. The second-order valence-electron chi connectivity index (χ2n) is 7.44. The SMILES string of the molecule is CN(Cc1cc(=O)n2ccccc2n1)[C@@H]1[C@@H]2CCO[C@@H]2C1(C)C. The Kier molecular flexibility index (Phi) is 3.32. The number of pyridine rings is 1. The van der Waals surface area contributed by atoms with Gasteiger partial charge in [-0.15, -0.1) is 0 Å². The zero-order valence-corrected chi connectivity index (χ0v) is 13.9. The highest BCUT2D eigenvalue weighted by Gasteiger charge is 2.60. The lowest BCUT2D eigenvalue weighted by Crippen LogP contribution is -2.65. The first-order valence-corrected chi connectivity index (χ1v) is 8.27. The highest BCUT2D eigenvalue weighted by Crippen LogP contribution is 2.54. The average Bonchev–Trinajstić information content (AvgIpc) is 2.93. The van der Waals surface area contributed by atoms with Gasteiger partial charge in [0.2, 0.25) is 0 Å². The molecule has 0 radical (unpaired) electrons. The minimum Gasteiger partial charge on any atom is -0.377 e. The van der Waals surface area contributed by atoms with Crippen LogP contribution in [0.4, 0.5) is 0 Å². The van der Waals surface area contributed by atoms with E-state index >= 15 is 0 Å². The summed E-state index contributed by atoms with van der Waals surface area (Å²) in [6.07, 6.45) is 3.27. The smallest absolute Gasteiger partial charge is 0.258 e. The van der Waals surface area contributed by atoms with E-state index in [2.05, 4.69) is 30.8 Å². The van der Waals surface area contributed by atoms with Crippen LogP contribution in [0.1, 0.15) is 26.0 Å². The van der Waals surface area contributed by atoms with Crippen LogP contribution in [0, 0.1) is 11.3 Å². The molecule has 0 unspecified atom stereocenters. The van der Waals surface area contributed by atoms with Crippen LogP contribution in [-0.4, -0.2) is 40.1 Å². The molecular formula is C18H23N3O2. The number of hydrogen-bond acceptors (Lipinski definition) is 4. The minimum absolute atomic E-state index is 0.0195. The lowest BCUT2D eigenvalue weighted by Gasteiger charge is -2.58. The first-order chi connectivity index (χ1) is 11.0. The molecule has 1 saturated carbocycles. The third-order valence-electron chi connectivity index (χ3n) is 5.55. The van der Waals surface area contributed by atoms with Gasteiger partial charge in [0.15, 0.2) is 0 Å². The van der Waals surface area contributed by atoms with Gasteiger partial charge in [-0.2, -0.15) is 0 Å². The van der Waals surface area contributed by atoms with E-state index in [0.29, 0.717) is 30.3 Å². The van der Waals surface area contributed by atoms with Crippen LogP contribution >= 0.6 is 0 Å². The summed E-state index contributed by atoms with van der Waals surface area (Å²) in [6.45, 7) is 6.13. The van der Waals surface area contributed by atoms with Gasteiger partial charge in [-0.1, -0.05) is 19.9 Å².